The Balaban J connectivity index is 1.84. The smallest absolute Gasteiger partial charge is 0.177 e. The summed E-state index contributed by atoms with van der Waals surface area (Å²) in [4.78, 5) is 0. The largest absolute Gasteiger partial charge is 0.394 e. The van der Waals surface area contributed by atoms with Crippen molar-refractivity contribution in [1.29, 1.82) is 0 Å². The Labute approximate surface area is 180 Å². The molecule has 1 aliphatic rings. The van der Waals surface area contributed by atoms with Crippen LogP contribution < -0.4 is 10.9 Å². The van der Waals surface area contributed by atoms with Crippen LogP contribution in [0.15, 0.2) is 30.3 Å². The van der Waals surface area contributed by atoms with E-state index in [0.29, 0.717) is 6.61 Å². The highest BCUT2D eigenvalue weighted by Gasteiger charge is 2.44. The molecule has 0 aromatic heterocycles. The molecular weight excluding hydrogens is 384 g/mol. The van der Waals surface area contributed by atoms with Crippen molar-refractivity contribution >= 4 is 0 Å². The maximum Gasteiger partial charge on any atom is 0.177 e. The van der Waals surface area contributed by atoms with Crippen LogP contribution in [0.3, 0.4) is 0 Å². The number of hydrogen-bond donors (Lipinski definition) is 5. The van der Waals surface area contributed by atoms with Gasteiger partial charge < -0.3 is 24.8 Å². The third-order valence-electron chi connectivity index (χ3n) is 5.54. The molecule has 1 aromatic carbocycles. The van der Waals surface area contributed by atoms with Gasteiger partial charge in [0.25, 0.3) is 0 Å². The van der Waals surface area contributed by atoms with Crippen molar-refractivity contribution in [3.05, 3.63) is 35.9 Å². The summed E-state index contributed by atoms with van der Waals surface area (Å²) in [6, 6.07) is 9.57. The minimum atomic E-state index is -1.19. The Kier molecular flexibility index (Phi) is 11.8. The van der Waals surface area contributed by atoms with E-state index >= 15 is 0 Å². The number of ether oxygens (including phenoxy) is 2. The lowest BCUT2D eigenvalue weighted by molar-refractivity contribution is -0.272. The van der Waals surface area contributed by atoms with E-state index in [9.17, 15) is 15.3 Å². The fourth-order valence-electron chi connectivity index (χ4n) is 3.72. The lowest BCUT2D eigenvalue weighted by atomic mass is 9.97. The van der Waals surface area contributed by atoms with E-state index in [0.717, 1.165) is 19.3 Å². The van der Waals surface area contributed by atoms with Gasteiger partial charge in [0.2, 0.25) is 0 Å². The van der Waals surface area contributed by atoms with Gasteiger partial charge in [-0.05, 0) is 25.3 Å². The minimum Gasteiger partial charge on any atom is -0.394 e. The van der Waals surface area contributed by atoms with Crippen LogP contribution in [0.2, 0.25) is 0 Å². The van der Waals surface area contributed by atoms with Crippen LogP contribution in [0.5, 0.6) is 0 Å². The summed E-state index contributed by atoms with van der Waals surface area (Å²) >= 11 is 0. The van der Waals surface area contributed by atoms with Crippen LogP contribution >= 0.6 is 0 Å². The second-order valence-electron chi connectivity index (χ2n) is 8.25. The second kappa shape index (κ2) is 14.1. The van der Waals surface area contributed by atoms with Crippen LogP contribution in [0.4, 0.5) is 0 Å². The van der Waals surface area contributed by atoms with Gasteiger partial charge in [0, 0.05) is 12.6 Å². The highest BCUT2D eigenvalue weighted by Crippen LogP contribution is 2.22. The monoisotopic (exact) mass is 424 g/mol. The molecule has 30 heavy (non-hydrogen) atoms. The first-order valence-electron chi connectivity index (χ1n) is 11.4. The molecule has 172 valence electrons. The Morgan fingerprint density at radius 2 is 1.73 bits per heavy atom. The molecule has 5 N–H and O–H groups in total. The summed E-state index contributed by atoms with van der Waals surface area (Å²) in [6.45, 7) is 4.37. The molecule has 7 heteroatoms. The molecule has 1 saturated heterocycles. The number of aliphatic hydroxyl groups excluding tert-OH is 3. The average Bonchev–Trinajstić information content (AvgIpc) is 2.75. The molecule has 2 rings (SSSR count). The van der Waals surface area contributed by atoms with Crippen molar-refractivity contribution in [3.8, 4) is 0 Å². The molecule has 0 radical (unpaired) electrons. The number of aliphatic hydroxyl groups is 3. The number of hydrazine groups is 1. The zero-order chi connectivity index (χ0) is 21.8. The maximum atomic E-state index is 10.6. The number of rotatable bonds is 14. The molecule has 1 fully saturated rings. The Hall–Kier alpha value is -1.06. The summed E-state index contributed by atoms with van der Waals surface area (Å²) in [5, 5.41) is 30.3. The third-order valence-corrected chi connectivity index (χ3v) is 5.54. The number of benzene rings is 1. The average molecular weight is 425 g/mol. The van der Waals surface area contributed by atoms with E-state index in [2.05, 4.69) is 29.9 Å². The molecule has 0 amide bonds. The van der Waals surface area contributed by atoms with E-state index < -0.39 is 30.6 Å². The van der Waals surface area contributed by atoms with Crippen molar-refractivity contribution in [3.63, 3.8) is 0 Å². The standard InChI is InChI=1S/C23H40N2O5/c1-3-4-5-6-7-11-14-29-23-20(22(28)21(27)19(16-26)30-23)25-24-17(2)15-18-12-9-8-10-13-18/h8-10,12-13,17,19-28H,3-7,11,14-16H2,1-2H3/t17?,19-,20-,21-,22-,23?/m1/s1. The van der Waals surface area contributed by atoms with Gasteiger partial charge in [-0.2, -0.15) is 0 Å². The first kappa shape index (κ1) is 25.2. The van der Waals surface area contributed by atoms with Gasteiger partial charge in [-0.1, -0.05) is 69.4 Å². The SMILES string of the molecule is CCCCCCCCOC1O[C@H](CO)[C@@H](O)[C@H](O)[C@H]1NNC(C)Cc1ccccc1. The molecule has 1 aromatic rings. The highest BCUT2D eigenvalue weighted by atomic mass is 16.7. The molecule has 0 aliphatic carbocycles. The van der Waals surface area contributed by atoms with Crippen LogP contribution in [-0.2, 0) is 15.9 Å². The van der Waals surface area contributed by atoms with Crippen molar-refractivity contribution in [2.24, 2.45) is 0 Å². The van der Waals surface area contributed by atoms with Crippen molar-refractivity contribution in [2.75, 3.05) is 13.2 Å². The Bertz CT molecular complexity index is 562. The van der Waals surface area contributed by atoms with Crippen LogP contribution in [0.1, 0.15) is 57.9 Å². The summed E-state index contributed by atoms with van der Waals surface area (Å²) in [6.07, 6.45) is 3.78. The van der Waals surface area contributed by atoms with Gasteiger partial charge in [-0.25, -0.2) is 5.43 Å². The molecule has 7 nitrogen and oxygen atoms in total. The summed E-state index contributed by atoms with van der Waals surface area (Å²) in [5.74, 6) is 0. The third kappa shape index (κ3) is 8.23. The number of nitrogens with one attached hydrogen (secondary N) is 2. The highest BCUT2D eigenvalue weighted by molar-refractivity contribution is 5.15. The first-order chi connectivity index (χ1) is 14.6. The van der Waals surface area contributed by atoms with Crippen molar-refractivity contribution in [2.45, 2.75) is 95.5 Å². The number of unbranched alkanes of at least 4 members (excludes halogenated alkanes) is 5. The van der Waals surface area contributed by atoms with Gasteiger partial charge in [-0.3, -0.25) is 5.43 Å². The topological polar surface area (TPSA) is 103 Å². The van der Waals surface area contributed by atoms with Crippen molar-refractivity contribution in [1.82, 2.24) is 10.9 Å². The van der Waals surface area contributed by atoms with E-state index in [1.165, 1.54) is 31.2 Å². The summed E-state index contributed by atoms with van der Waals surface area (Å²) < 4.78 is 11.6. The van der Waals surface area contributed by atoms with E-state index in [-0.39, 0.29) is 12.6 Å². The van der Waals surface area contributed by atoms with E-state index in [4.69, 9.17) is 9.47 Å². The zero-order valence-electron chi connectivity index (χ0n) is 18.4. The van der Waals surface area contributed by atoms with Gasteiger partial charge in [0.1, 0.15) is 24.4 Å². The van der Waals surface area contributed by atoms with E-state index in [1.807, 2.05) is 25.1 Å². The predicted octanol–water partition coefficient (Wildman–Crippen LogP) is 1.90. The van der Waals surface area contributed by atoms with Gasteiger partial charge >= 0.3 is 0 Å². The predicted molar refractivity (Wildman–Crippen MR) is 117 cm³/mol. The quantitative estimate of drug-likeness (QED) is 0.230. The first-order valence-corrected chi connectivity index (χ1v) is 11.4. The lowest BCUT2D eigenvalue weighted by Crippen LogP contribution is -2.66. The molecule has 0 saturated carbocycles. The van der Waals surface area contributed by atoms with Gasteiger partial charge in [-0.15, -0.1) is 0 Å². The molecule has 0 bridgehead atoms. The molecule has 1 heterocycles. The Morgan fingerprint density at radius 3 is 2.43 bits per heavy atom. The Morgan fingerprint density at radius 1 is 1.03 bits per heavy atom. The molecule has 6 atom stereocenters. The van der Waals surface area contributed by atoms with E-state index in [1.54, 1.807) is 0 Å². The fraction of sp³-hybridized carbons (Fsp3) is 0.739. The molecular formula is C23H40N2O5. The van der Waals surface area contributed by atoms with Crippen LogP contribution in [0, 0.1) is 0 Å². The normalized spacial score (nSPS) is 27.8. The minimum absolute atomic E-state index is 0.0894. The van der Waals surface area contributed by atoms with Crippen LogP contribution in [-0.4, -0.2) is 65.2 Å². The molecule has 2 unspecified atom stereocenters. The van der Waals surface area contributed by atoms with Crippen LogP contribution in [0.25, 0.3) is 0 Å². The zero-order valence-corrected chi connectivity index (χ0v) is 18.4. The van der Waals surface area contributed by atoms with Gasteiger partial charge in [0.05, 0.1) is 6.61 Å². The lowest BCUT2D eigenvalue weighted by Gasteiger charge is -2.42. The van der Waals surface area contributed by atoms with Crippen molar-refractivity contribution < 1.29 is 24.8 Å². The van der Waals surface area contributed by atoms with Gasteiger partial charge in [0.15, 0.2) is 6.29 Å². The number of hydrogen-bond acceptors (Lipinski definition) is 7. The second-order valence-corrected chi connectivity index (χ2v) is 8.25. The molecule has 1 aliphatic heterocycles. The maximum absolute atomic E-state index is 10.6. The summed E-state index contributed by atoms with van der Waals surface area (Å²) in [7, 11) is 0. The summed E-state index contributed by atoms with van der Waals surface area (Å²) in [5.41, 5.74) is 7.49. The fourth-order valence-corrected chi connectivity index (χ4v) is 3.72. The molecule has 0 spiro atoms.